The van der Waals surface area contributed by atoms with Crippen molar-refractivity contribution in [2.45, 2.75) is 6.42 Å². The fourth-order valence-corrected chi connectivity index (χ4v) is 2.06. The van der Waals surface area contributed by atoms with E-state index in [4.69, 9.17) is 5.73 Å². The van der Waals surface area contributed by atoms with Crippen molar-refractivity contribution < 1.29 is 0 Å². The van der Waals surface area contributed by atoms with Crippen LogP contribution in [0.2, 0.25) is 0 Å². The first-order valence-corrected chi connectivity index (χ1v) is 5.20. The van der Waals surface area contributed by atoms with Crippen LogP contribution in [0.15, 0.2) is 16.7 Å². The SMILES string of the molecule is NCCN1CCc2cc(Br)cnc21. The maximum atomic E-state index is 5.52. The van der Waals surface area contributed by atoms with Gasteiger partial charge >= 0.3 is 0 Å². The Kier molecular flexibility index (Phi) is 2.51. The van der Waals surface area contributed by atoms with Gasteiger partial charge in [0.05, 0.1) is 0 Å². The molecule has 1 aliphatic rings. The zero-order valence-corrected chi connectivity index (χ0v) is 8.92. The quantitative estimate of drug-likeness (QED) is 0.846. The predicted octanol–water partition coefficient (Wildman–Crippen LogP) is 1.17. The van der Waals surface area contributed by atoms with Crippen molar-refractivity contribution >= 4 is 21.7 Å². The van der Waals surface area contributed by atoms with Crippen molar-refractivity contribution in [3.05, 3.63) is 22.3 Å². The lowest BCUT2D eigenvalue weighted by molar-refractivity contribution is 0.812. The molecule has 0 amide bonds. The van der Waals surface area contributed by atoms with Crippen molar-refractivity contribution in [3.8, 4) is 0 Å². The molecule has 0 saturated heterocycles. The number of rotatable bonds is 2. The van der Waals surface area contributed by atoms with Gasteiger partial charge in [0, 0.05) is 30.3 Å². The second kappa shape index (κ2) is 3.64. The number of fused-ring (bicyclic) bond motifs is 1. The predicted molar refractivity (Wildman–Crippen MR) is 56.9 cm³/mol. The minimum absolute atomic E-state index is 0.692. The second-order valence-electron chi connectivity index (χ2n) is 3.16. The summed E-state index contributed by atoms with van der Waals surface area (Å²) in [5.74, 6) is 1.11. The summed E-state index contributed by atoms with van der Waals surface area (Å²) in [6.45, 7) is 2.65. The molecule has 0 radical (unpaired) electrons. The Morgan fingerprint density at radius 1 is 1.62 bits per heavy atom. The van der Waals surface area contributed by atoms with Crippen LogP contribution < -0.4 is 10.6 Å². The fourth-order valence-electron chi connectivity index (χ4n) is 1.68. The fraction of sp³-hybridized carbons (Fsp3) is 0.444. The Balaban J connectivity index is 2.27. The van der Waals surface area contributed by atoms with Crippen molar-refractivity contribution in [3.63, 3.8) is 0 Å². The first-order valence-electron chi connectivity index (χ1n) is 4.40. The van der Waals surface area contributed by atoms with Crippen LogP contribution in [0, 0.1) is 0 Å². The van der Waals surface area contributed by atoms with Gasteiger partial charge in [-0.2, -0.15) is 0 Å². The Labute approximate surface area is 86.1 Å². The zero-order valence-electron chi connectivity index (χ0n) is 7.33. The Bertz CT molecular complexity index is 314. The Morgan fingerprint density at radius 3 is 3.23 bits per heavy atom. The van der Waals surface area contributed by atoms with E-state index in [0.29, 0.717) is 6.54 Å². The van der Waals surface area contributed by atoms with Crippen LogP contribution in [0.1, 0.15) is 5.56 Å². The summed E-state index contributed by atoms with van der Waals surface area (Å²) in [4.78, 5) is 6.62. The minimum atomic E-state index is 0.692. The molecule has 70 valence electrons. The molecule has 1 aromatic rings. The maximum absolute atomic E-state index is 5.52. The van der Waals surface area contributed by atoms with Gasteiger partial charge in [0.2, 0.25) is 0 Å². The zero-order chi connectivity index (χ0) is 9.26. The van der Waals surface area contributed by atoms with Crippen LogP contribution in [0.4, 0.5) is 5.82 Å². The summed E-state index contributed by atoms with van der Waals surface area (Å²) in [6, 6.07) is 2.14. The third-order valence-corrected chi connectivity index (χ3v) is 2.69. The molecule has 13 heavy (non-hydrogen) atoms. The van der Waals surface area contributed by atoms with E-state index in [1.807, 2.05) is 6.20 Å². The van der Waals surface area contributed by atoms with Gasteiger partial charge in [0.15, 0.2) is 0 Å². The van der Waals surface area contributed by atoms with Crippen molar-refractivity contribution in [2.75, 3.05) is 24.5 Å². The number of nitrogens with two attached hydrogens (primary N) is 1. The normalized spacial score (nSPS) is 14.8. The van der Waals surface area contributed by atoms with E-state index in [9.17, 15) is 0 Å². The van der Waals surface area contributed by atoms with E-state index >= 15 is 0 Å². The van der Waals surface area contributed by atoms with Gasteiger partial charge in [-0.15, -0.1) is 0 Å². The third-order valence-electron chi connectivity index (χ3n) is 2.26. The van der Waals surface area contributed by atoms with Gasteiger partial charge in [-0.25, -0.2) is 4.98 Å². The largest absolute Gasteiger partial charge is 0.355 e. The number of hydrogen-bond donors (Lipinski definition) is 1. The summed E-state index contributed by atoms with van der Waals surface area (Å²) in [6.07, 6.45) is 2.93. The van der Waals surface area contributed by atoms with E-state index < -0.39 is 0 Å². The van der Waals surface area contributed by atoms with Gasteiger partial charge in [0.25, 0.3) is 0 Å². The van der Waals surface area contributed by atoms with Gasteiger partial charge in [-0.1, -0.05) is 0 Å². The monoisotopic (exact) mass is 241 g/mol. The highest BCUT2D eigenvalue weighted by molar-refractivity contribution is 9.10. The van der Waals surface area contributed by atoms with Gasteiger partial charge in [-0.05, 0) is 34.0 Å². The van der Waals surface area contributed by atoms with Gasteiger partial charge in [0.1, 0.15) is 5.82 Å². The van der Waals surface area contributed by atoms with Crippen molar-refractivity contribution in [2.24, 2.45) is 5.73 Å². The molecule has 2 heterocycles. The minimum Gasteiger partial charge on any atom is -0.355 e. The molecular formula is C9H12BrN3. The summed E-state index contributed by atoms with van der Waals surface area (Å²) in [5.41, 5.74) is 6.84. The van der Waals surface area contributed by atoms with Gasteiger partial charge in [-0.3, -0.25) is 0 Å². The molecule has 2 N–H and O–H groups in total. The molecule has 0 aromatic carbocycles. The summed E-state index contributed by atoms with van der Waals surface area (Å²) >= 11 is 3.42. The Morgan fingerprint density at radius 2 is 2.46 bits per heavy atom. The third kappa shape index (κ3) is 1.69. The topological polar surface area (TPSA) is 42.1 Å². The molecule has 3 nitrogen and oxygen atoms in total. The molecule has 1 aliphatic heterocycles. The van der Waals surface area contributed by atoms with E-state index in [-0.39, 0.29) is 0 Å². The average molecular weight is 242 g/mol. The van der Waals surface area contributed by atoms with Crippen molar-refractivity contribution in [1.82, 2.24) is 4.98 Å². The maximum Gasteiger partial charge on any atom is 0.131 e. The number of pyridine rings is 1. The number of aromatic nitrogens is 1. The molecule has 0 atom stereocenters. The van der Waals surface area contributed by atoms with Crippen LogP contribution in [-0.4, -0.2) is 24.6 Å². The second-order valence-corrected chi connectivity index (χ2v) is 4.08. The molecule has 0 bridgehead atoms. The molecule has 4 heteroatoms. The highest BCUT2D eigenvalue weighted by atomic mass is 79.9. The highest BCUT2D eigenvalue weighted by Crippen LogP contribution is 2.27. The highest BCUT2D eigenvalue weighted by Gasteiger charge is 2.19. The number of hydrogen-bond acceptors (Lipinski definition) is 3. The molecule has 1 aromatic heterocycles. The van der Waals surface area contributed by atoms with E-state index in [0.717, 1.165) is 29.8 Å². The number of nitrogens with zero attached hydrogens (tertiary/aromatic N) is 2. The summed E-state index contributed by atoms with van der Waals surface area (Å²) in [5, 5.41) is 0. The lowest BCUT2D eigenvalue weighted by Crippen LogP contribution is -2.27. The Hall–Kier alpha value is -0.610. The number of anilines is 1. The molecule has 0 unspecified atom stereocenters. The first-order chi connectivity index (χ1) is 6.31. The van der Waals surface area contributed by atoms with Gasteiger partial charge < -0.3 is 10.6 Å². The van der Waals surface area contributed by atoms with E-state index in [1.54, 1.807) is 0 Å². The molecule has 0 aliphatic carbocycles. The number of halogens is 1. The van der Waals surface area contributed by atoms with Crippen LogP contribution in [0.3, 0.4) is 0 Å². The molecule has 0 fully saturated rings. The van der Waals surface area contributed by atoms with E-state index in [1.165, 1.54) is 5.56 Å². The van der Waals surface area contributed by atoms with Crippen LogP contribution in [0.25, 0.3) is 0 Å². The molecule has 2 rings (SSSR count). The van der Waals surface area contributed by atoms with Crippen LogP contribution >= 0.6 is 15.9 Å². The standard InChI is InChI=1S/C9H12BrN3/c10-8-5-7-1-3-13(4-2-11)9(7)12-6-8/h5-6H,1-4,11H2. The lowest BCUT2D eigenvalue weighted by Gasteiger charge is -2.16. The first kappa shape index (κ1) is 8.97. The summed E-state index contributed by atoms with van der Waals surface area (Å²) < 4.78 is 1.06. The van der Waals surface area contributed by atoms with Crippen molar-refractivity contribution in [1.29, 1.82) is 0 Å². The van der Waals surface area contributed by atoms with Crippen LogP contribution in [-0.2, 0) is 6.42 Å². The summed E-state index contributed by atoms with van der Waals surface area (Å²) in [7, 11) is 0. The molecule has 0 saturated carbocycles. The molecular weight excluding hydrogens is 230 g/mol. The molecule has 0 spiro atoms. The average Bonchev–Trinajstić information content (AvgIpc) is 2.49. The van der Waals surface area contributed by atoms with E-state index in [2.05, 4.69) is 31.9 Å². The van der Waals surface area contributed by atoms with Crippen LogP contribution in [0.5, 0.6) is 0 Å². The smallest absolute Gasteiger partial charge is 0.131 e. The lowest BCUT2D eigenvalue weighted by atomic mass is 10.2.